The van der Waals surface area contributed by atoms with Crippen molar-refractivity contribution in [1.82, 2.24) is 4.98 Å². The van der Waals surface area contributed by atoms with E-state index < -0.39 is 0 Å². The number of hydrogen-bond donors (Lipinski definition) is 2. The lowest BCUT2D eigenvalue weighted by molar-refractivity contribution is 0.102. The summed E-state index contributed by atoms with van der Waals surface area (Å²) in [5, 5.41) is 6.01. The molecule has 1 aromatic heterocycles. The number of anilines is 3. The number of carbonyl (C=O) groups excluding carboxylic acids is 1. The van der Waals surface area contributed by atoms with Gasteiger partial charge in [0.2, 0.25) is 0 Å². The Labute approximate surface area is 163 Å². The van der Waals surface area contributed by atoms with Gasteiger partial charge in [0.1, 0.15) is 11.6 Å². The molecule has 7 heteroatoms. The fourth-order valence-electron chi connectivity index (χ4n) is 2.58. The molecule has 0 atom stereocenters. The molecule has 0 bridgehead atoms. The summed E-state index contributed by atoms with van der Waals surface area (Å²) in [4.78, 5) is 16.9. The van der Waals surface area contributed by atoms with Gasteiger partial charge < -0.3 is 24.8 Å². The number of rotatable bonds is 7. The standard InChI is InChI=1S/C21H21N3O4/c1-26-17-7-4-15(5-8-17)23-20-12-14(10-11-22-20)21(25)24-16-6-9-18(27-2)19(13-16)28-3/h4-13H,1-3H3,(H,22,23)(H,24,25). The number of nitrogens with one attached hydrogen (secondary N) is 2. The molecule has 0 spiro atoms. The summed E-state index contributed by atoms with van der Waals surface area (Å²) >= 11 is 0. The number of nitrogens with zero attached hydrogens (tertiary/aromatic N) is 1. The second-order valence-electron chi connectivity index (χ2n) is 5.81. The number of ether oxygens (including phenoxy) is 3. The molecule has 28 heavy (non-hydrogen) atoms. The third-order valence-electron chi connectivity index (χ3n) is 4.03. The van der Waals surface area contributed by atoms with Crippen LogP contribution >= 0.6 is 0 Å². The molecule has 0 unspecified atom stereocenters. The van der Waals surface area contributed by atoms with Crippen LogP contribution in [0.15, 0.2) is 60.8 Å². The molecule has 0 saturated carbocycles. The van der Waals surface area contributed by atoms with Crippen molar-refractivity contribution in [3.8, 4) is 17.2 Å². The van der Waals surface area contributed by atoms with Gasteiger partial charge in [0.15, 0.2) is 11.5 Å². The van der Waals surface area contributed by atoms with Crippen LogP contribution < -0.4 is 24.8 Å². The van der Waals surface area contributed by atoms with Crippen molar-refractivity contribution in [1.29, 1.82) is 0 Å². The summed E-state index contributed by atoms with van der Waals surface area (Å²) in [5.74, 6) is 2.20. The van der Waals surface area contributed by atoms with Crippen LogP contribution in [0.2, 0.25) is 0 Å². The second-order valence-corrected chi connectivity index (χ2v) is 5.81. The molecule has 1 amide bonds. The number of hydrogen-bond acceptors (Lipinski definition) is 6. The third kappa shape index (κ3) is 4.50. The van der Waals surface area contributed by atoms with E-state index in [-0.39, 0.29) is 5.91 Å². The molecule has 1 heterocycles. The van der Waals surface area contributed by atoms with E-state index in [0.29, 0.717) is 28.6 Å². The highest BCUT2D eigenvalue weighted by molar-refractivity contribution is 6.04. The van der Waals surface area contributed by atoms with E-state index in [0.717, 1.165) is 11.4 Å². The Bertz CT molecular complexity index is 958. The Kier molecular flexibility index (Phi) is 5.96. The monoisotopic (exact) mass is 379 g/mol. The molecule has 7 nitrogen and oxygen atoms in total. The summed E-state index contributed by atoms with van der Waals surface area (Å²) in [6.07, 6.45) is 1.58. The van der Waals surface area contributed by atoms with Crippen molar-refractivity contribution in [2.45, 2.75) is 0 Å². The first-order valence-electron chi connectivity index (χ1n) is 8.53. The van der Waals surface area contributed by atoms with Crippen molar-refractivity contribution in [3.05, 3.63) is 66.4 Å². The van der Waals surface area contributed by atoms with Crippen molar-refractivity contribution < 1.29 is 19.0 Å². The first-order valence-corrected chi connectivity index (χ1v) is 8.53. The van der Waals surface area contributed by atoms with Gasteiger partial charge in [-0.1, -0.05) is 0 Å². The lowest BCUT2D eigenvalue weighted by Crippen LogP contribution is -2.12. The summed E-state index contributed by atoms with van der Waals surface area (Å²) < 4.78 is 15.6. The van der Waals surface area contributed by atoms with Crippen LogP contribution in [0.5, 0.6) is 17.2 Å². The highest BCUT2D eigenvalue weighted by Gasteiger charge is 2.10. The minimum atomic E-state index is -0.257. The predicted molar refractivity (Wildman–Crippen MR) is 108 cm³/mol. The zero-order valence-corrected chi connectivity index (χ0v) is 15.9. The topological polar surface area (TPSA) is 81.7 Å². The van der Waals surface area contributed by atoms with Gasteiger partial charge in [-0.15, -0.1) is 0 Å². The number of amides is 1. The highest BCUT2D eigenvalue weighted by atomic mass is 16.5. The minimum absolute atomic E-state index is 0.257. The summed E-state index contributed by atoms with van der Waals surface area (Å²) in [6, 6.07) is 15.9. The number of carbonyl (C=O) groups is 1. The molecule has 3 rings (SSSR count). The lowest BCUT2D eigenvalue weighted by atomic mass is 10.2. The molecule has 0 aliphatic carbocycles. The Hall–Kier alpha value is -3.74. The molecule has 0 aliphatic rings. The number of benzene rings is 2. The Balaban J connectivity index is 1.73. The van der Waals surface area contributed by atoms with Gasteiger partial charge in [-0.05, 0) is 48.5 Å². The molecule has 0 fully saturated rings. The quantitative estimate of drug-likeness (QED) is 0.643. The number of pyridine rings is 1. The smallest absolute Gasteiger partial charge is 0.255 e. The fraction of sp³-hybridized carbons (Fsp3) is 0.143. The van der Waals surface area contributed by atoms with Crippen molar-refractivity contribution >= 4 is 23.1 Å². The second kappa shape index (κ2) is 8.77. The highest BCUT2D eigenvalue weighted by Crippen LogP contribution is 2.30. The van der Waals surface area contributed by atoms with Gasteiger partial charge in [0.05, 0.1) is 21.3 Å². The minimum Gasteiger partial charge on any atom is -0.497 e. The van der Waals surface area contributed by atoms with Crippen LogP contribution in [0.3, 0.4) is 0 Å². The van der Waals surface area contributed by atoms with Gasteiger partial charge in [-0.3, -0.25) is 4.79 Å². The van der Waals surface area contributed by atoms with Crippen LogP contribution in [0.1, 0.15) is 10.4 Å². The Morgan fingerprint density at radius 2 is 1.54 bits per heavy atom. The maximum atomic E-state index is 12.6. The van der Waals surface area contributed by atoms with Crippen LogP contribution in [-0.2, 0) is 0 Å². The van der Waals surface area contributed by atoms with E-state index in [1.165, 1.54) is 0 Å². The fourth-order valence-corrected chi connectivity index (χ4v) is 2.58. The number of methoxy groups -OCH3 is 3. The molecule has 2 N–H and O–H groups in total. The van der Waals surface area contributed by atoms with E-state index in [9.17, 15) is 4.79 Å². The SMILES string of the molecule is COc1ccc(Nc2cc(C(=O)Nc3ccc(OC)c(OC)c3)ccn2)cc1. The van der Waals surface area contributed by atoms with Crippen molar-refractivity contribution in [2.24, 2.45) is 0 Å². The first-order chi connectivity index (χ1) is 13.6. The molecule has 144 valence electrons. The zero-order chi connectivity index (χ0) is 19.9. The average Bonchev–Trinajstić information content (AvgIpc) is 2.74. The van der Waals surface area contributed by atoms with Gasteiger partial charge in [0, 0.05) is 29.2 Å². The van der Waals surface area contributed by atoms with Gasteiger partial charge in [0.25, 0.3) is 5.91 Å². The first kappa shape index (κ1) is 19.0. The molecule has 2 aromatic carbocycles. The number of aromatic nitrogens is 1. The van der Waals surface area contributed by atoms with Crippen molar-refractivity contribution in [3.63, 3.8) is 0 Å². The van der Waals surface area contributed by atoms with Gasteiger partial charge >= 0.3 is 0 Å². The average molecular weight is 379 g/mol. The predicted octanol–water partition coefficient (Wildman–Crippen LogP) is 4.10. The van der Waals surface area contributed by atoms with E-state index >= 15 is 0 Å². The maximum absolute atomic E-state index is 12.6. The summed E-state index contributed by atoms with van der Waals surface area (Å²) in [6.45, 7) is 0. The third-order valence-corrected chi connectivity index (χ3v) is 4.03. The molecule has 0 aliphatic heterocycles. The molecular formula is C21H21N3O4. The van der Waals surface area contributed by atoms with E-state index in [4.69, 9.17) is 14.2 Å². The largest absolute Gasteiger partial charge is 0.497 e. The lowest BCUT2D eigenvalue weighted by Gasteiger charge is -2.11. The van der Waals surface area contributed by atoms with Crippen LogP contribution in [0.25, 0.3) is 0 Å². The Morgan fingerprint density at radius 1 is 0.821 bits per heavy atom. The van der Waals surface area contributed by atoms with E-state index in [1.54, 1.807) is 57.9 Å². The molecular weight excluding hydrogens is 358 g/mol. The van der Waals surface area contributed by atoms with E-state index in [1.807, 2.05) is 24.3 Å². The zero-order valence-electron chi connectivity index (χ0n) is 15.9. The molecule has 3 aromatic rings. The molecule has 0 radical (unpaired) electrons. The molecule has 0 saturated heterocycles. The van der Waals surface area contributed by atoms with Crippen LogP contribution in [-0.4, -0.2) is 32.2 Å². The van der Waals surface area contributed by atoms with Crippen LogP contribution in [0, 0.1) is 0 Å². The summed E-state index contributed by atoms with van der Waals surface area (Å²) in [5.41, 5.74) is 1.91. The van der Waals surface area contributed by atoms with E-state index in [2.05, 4.69) is 15.6 Å². The summed E-state index contributed by atoms with van der Waals surface area (Å²) in [7, 11) is 4.72. The van der Waals surface area contributed by atoms with Crippen LogP contribution in [0.4, 0.5) is 17.2 Å². The maximum Gasteiger partial charge on any atom is 0.255 e. The van der Waals surface area contributed by atoms with Gasteiger partial charge in [-0.2, -0.15) is 0 Å². The normalized spacial score (nSPS) is 10.1. The van der Waals surface area contributed by atoms with Crippen molar-refractivity contribution in [2.75, 3.05) is 32.0 Å². The Morgan fingerprint density at radius 3 is 2.21 bits per heavy atom. The van der Waals surface area contributed by atoms with Gasteiger partial charge in [-0.25, -0.2) is 4.98 Å².